The van der Waals surface area contributed by atoms with Gasteiger partial charge in [0.15, 0.2) is 11.5 Å². The van der Waals surface area contributed by atoms with Crippen LogP contribution in [0.3, 0.4) is 0 Å². The van der Waals surface area contributed by atoms with E-state index in [4.69, 9.17) is 14.2 Å². The van der Waals surface area contributed by atoms with Crippen molar-refractivity contribution in [2.24, 2.45) is 7.05 Å². The zero-order valence-corrected chi connectivity index (χ0v) is 18.4. The van der Waals surface area contributed by atoms with E-state index in [1.165, 1.54) is 0 Å². The topological polar surface area (TPSA) is 74.6 Å². The Balaban J connectivity index is 1.49. The summed E-state index contributed by atoms with van der Waals surface area (Å²) in [7, 11) is 3.39. The molecule has 3 aromatic rings. The van der Waals surface area contributed by atoms with Crippen LogP contribution in [-0.4, -0.2) is 35.5 Å². The number of aromatic nitrogens is 2. The summed E-state index contributed by atoms with van der Waals surface area (Å²) >= 11 is 0. The summed E-state index contributed by atoms with van der Waals surface area (Å²) in [5, 5.41) is 7.40. The molecule has 1 amide bonds. The van der Waals surface area contributed by atoms with Crippen LogP contribution in [0.2, 0.25) is 0 Å². The number of anilines is 1. The van der Waals surface area contributed by atoms with Gasteiger partial charge in [-0.2, -0.15) is 5.10 Å². The zero-order valence-electron chi connectivity index (χ0n) is 18.4. The molecule has 0 saturated heterocycles. The third-order valence-corrected chi connectivity index (χ3v) is 5.28. The largest absolute Gasteiger partial charge is 0.496 e. The molecule has 0 fully saturated rings. The second kappa shape index (κ2) is 7.98. The second-order valence-electron chi connectivity index (χ2n) is 8.56. The van der Waals surface area contributed by atoms with Crippen molar-refractivity contribution < 1.29 is 19.0 Å². The van der Waals surface area contributed by atoms with Crippen LogP contribution in [0.4, 0.5) is 5.82 Å². The van der Waals surface area contributed by atoms with Crippen molar-refractivity contribution in [3.8, 4) is 28.5 Å². The highest BCUT2D eigenvalue weighted by Gasteiger charge is 2.29. The van der Waals surface area contributed by atoms with Gasteiger partial charge in [0.1, 0.15) is 18.2 Å². The van der Waals surface area contributed by atoms with Crippen LogP contribution in [0.1, 0.15) is 26.3 Å². The second-order valence-corrected chi connectivity index (χ2v) is 8.56. The maximum absolute atomic E-state index is 12.8. The van der Waals surface area contributed by atoms with Gasteiger partial charge < -0.3 is 19.5 Å². The van der Waals surface area contributed by atoms with Crippen molar-refractivity contribution in [3.05, 3.63) is 54.1 Å². The Morgan fingerprint density at radius 1 is 1.16 bits per heavy atom. The van der Waals surface area contributed by atoms with Gasteiger partial charge in [0.2, 0.25) is 6.10 Å². The molecule has 2 heterocycles. The molecule has 1 aromatic heterocycles. The standard InChI is InChI=1S/C24H27N3O4/c1-24(2,3)15-10-11-19-20(12-15)30-14-21(31-19)23(28)25-22-13-17(26-27(22)4)16-8-6-7-9-18(16)29-5/h6-13,21H,14H2,1-5H3,(H,25,28)/t21-/m0/s1. The van der Waals surface area contributed by atoms with E-state index in [0.29, 0.717) is 28.8 Å². The molecule has 0 bridgehead atoms. The van der Waals surface area contributed by atoms with Crippen molar-refractivity contribution in [1.29, 1.82) is 0 Å². The molecular formula is C24H27N3O4. The number of ether oxygens (including phenoxy) is 3. The summed E-state index contributed by atoms with van der Waals surface area (Å²) in [5.74, 6) is 2.21. The van der Waals surface area contributed by atoms with E-state index in [-0.39, 0.29) is 17.9 Å². The molecule has 0 spiro atoms. The third kappa shape index (κ3) is 4.21. The number of nitrogens with one attached hydrogen (secondary N) is 1. The molecule has 1 aliphatic heterocycles. The van der Waals surface area contributed by atoms with E-state index in [0.717, 1.165) is 11.1 Å². The molecular weight excluding hydrogens is 394 g/mol. The van der Waals surface area contributed by atoms with Crippen LogP contribution in [-0.2, 0) is 17.3 Å². The minimum absolute atomic E-state index is 0.00525. The number of nitrogens with zero attached hydrogens (tertiary/aromatic N) is 2. The quantitative estimate of drug-likeness (QED) is 0.684. The summed E-state index contributed by atoms with van der Waals surface area (Å²) in [5.41, 5.74) is 2.71. The molecule has 0 saturated carbocycles. The zero-order chi connectivity index (χ0) is 22.2. The number of benzene rings is 2. The smallest absolute Gasteiger partial charge is 0.270 e. The highest BCUT2D eigenvalue weighted by molar-refractivity contribution is 5.94. The minimum atomic E-state index is -0.752. The van der Waals surface area contributed by atoms with Gasteiger partial charge in [-0.05, 0) is 35.2 Å². The molecule has 2 aromatic carbocycles. The van der Waals surface area contributed by atoms with E-state index in [1.54, 1.807) is 18.8 Å². The van der Waals surface area contributed by atoms with Gasteiger partial charge in [-0.3, -0.25) is 9.48 Å². The summed E-state index contributed by atoms with van der Waals surface area (Å²) < 4.78 is 18.8. The molecule has 0 aliphatic carbocycles. The predicted molar refractivity (Wildman–Crippen MR) is 119 cm³/mol. The Kier molecular flexibility index (Phi) is 5.35. The van der Waals surface area contributed by atoms with Crippen LogP contribution in [0.25, 0.3) is 11.3 Å². The van der Waals surface area contributed by atoms with Crippen molar-refractivity contribution in [3.63, 3.8) is 0 Å². The fourth-order valence-corrected chi connectivity index (χ4v) is 3.45. The summed E-state index contributed by atoms with van der Waals surface area (Å²) in [4.78, 5) is 12.8. The number of methoxy groups -OCH3 is 1. The maximum atomic E-state index is 12.8. The third-order valence-electron chi connectivity index (χ3n) is 5.28. The first-order valence-electron chi connectivity index (χ1n) is 10.2. The molecule has 4 rings (SSSR count). The van der Waals surface area contributed by atoms with Crippen LogP contribution >= 0.6 is 0 Å². The Bertz CT molecular complexity index is 1110. The number of hydrogen-bond donors (Lipinski definition) is 1. The van der Waals surface area contributed by atoms with Gasteiger partial charge in [0.05, 0.1) is 12.8 Å². The first kappa shape index (κ1) is 20.8. The van der Waals surface area contributed by atoms with Gasteiger partial charge in [-0.25, -0.2) is 0 Å². The normalized spacial score (nSPS) is 15.5. The molecule has 1 aliphatic rings. The van der Waals surface area contributed by atoms with E-state index < -0.39 is 6.10 Å². The SMILES string of the molecule is COc1ccccc1-c1cc(NC(=O)[C@@H]2COc3cc(C(C)(C)C)ccc3O2)n(C)n1. The predicted octanol–water partition coefficient (Wildman–Crippen LogP) is 4.17. The van der Waals surface area contributed by atoms with Crippen molar-refractivity contribution in [1.82, 2.24) is 9.78 Å². The van der Waals surface area contributed by atoms with Gasteiger partial charge >= 0.3 is 0 Å². The Labute approximate surface area is 181 Å². The van der Waals surface area contributed by atoms with Gasteiger partial charge in [-0.15, -0.1) is 0 Å². The van der Waals surface area contributed by atoms with E-state index in [1.807, 2.05) is 48.5 Å². The number of rotatable bonds is 4. The fourth-order valence-electron chi connectivity index (χ4n) is 3.45. The highest BCUT2D eigenvalue weighted by atomic mass is 16.6. The number of carbonyl (C=O) groups is 1. The number of amides is 1. The monoisotopic (exact) mass is 421 g/mol. The number of para-hydroxylation sites is 1. The number of hydrogen-bond acceptors (Lipinski definition) is 5. The molecule has 7 nitrogen and oxygen atoms in total. The summed E-state index contributed by atoms with van der Waals surface area (Å²) in [6.45, 7) is 6.56. The number of aryl methyl sites for hydroxylation is 1. The van der Waals surface area contributed by atoms with Crippen LogP contribution < -0.4 is 19.5 Å². The van der Waals surface area contributed by atoms with E-state index in [9.17, 15) is 4.79 Å². The lowest BCUT2D eigenvalue weighted by Crippen LogP contribution is -2.40. The number of fused-ring (bicyclic) bond motifs is 1. The van der Waals surface area contributed by atoms with Crippen molar-refractivity contribution in [2.45, 2.75) is 32.3 Å². The average molecular weight is 421 g/mol. The van der Waals surface area contributed by atoms with Crippen molar-refractivity contribution in [2.75, 3.05) is 19.0 Å². The molecule has 1 N–H and O–H groups in total. The first-order valence-corrected chi connectivity index (χ1v) is 10.2. The molecule has 31 heavy (non-hydrogen) atoms. The maximum Gasteiger partial charge on any atom is 0.270 e. The summed E-state index contributed by atoms with van der Waals surface area (Å²) in [6.07, 6.45) is -0.752. The van der Waals surface area contributed by atoms with Gasteiger partial charge in [-0.1, -0.05) is 39.0 Å². The average Bonchev–Trinajstić information content (AvgIpc) is 3.12. The van der Waals surface area contributed by atoms with Crippen LogP contribution in [0.5, 0.6) is 17.2 Å². The fraction of sp³-hybridized carbons (Fsp3) is 0.333. The lowest BCUT2D eigenvalue weighted by atomic mass is 9.87. The first-order chi connectivity index (χ1) is 14.8. The van der Waals surface area contributed by atoms with E-state index in [2.05, 4.69) is 31.2 Å². The Morgan fingerprint density at radius 2 is 1.94 bits per heavy atom. The number of carbonyl (C=O) groups excluding carboxylic acids is 1. The van der Waals surface area contributed by atoms with Crippen molar-refractivity contribution >= 4 is 11.7 Å². The van der Waals surface area contributed by atoms with Crippen LogP contribution in [0.15, 0.2) is 48.5 Å². The summed E-state index contributed by atoms with van der Waals surface area (Å²) in [6, 6.07) is 15.3. The van der Waals surface area contributed by atoms with E-state index >= 15 is 0 Å². The minimum Gasteiger partial charge on any atom is -0.496 e. The molecule has 0 unspecified atom stereocenters. The highest BCUT2D eigenvalue weighted by Crippen LogP contribution is 2.36. The molecule has 162 valence electrons. The van der Waals surface area contributed by atoms with Gasteiger partial charge in [0.25, 0.3) is 5.91 Å². The lowest BCUT2D eigenvalue weighted by molar-refractivity contribution is -0.125. The Hall–Kier alpha value is -3.48. The molecule has 1 atom stereocenters. The molecule has 7 heteroatoms. The van der Waals surface area contributed by atoms with Gasteiger partial charge in [0, 0.05) is 18.7 Å². The molecule has 0 radical (unpaired) electrons. The van der Waals surface area contributed by atoms with Crippen LogP contribution in [0, 0.1) is 0 Å². The Morgan fingerprint density at radius 3 is 2.68 bits per heavy atom. The lowest BCUT2D eigenvalue weighted by Gasteiger charge is -2.28.